The molecule has 3 rings (SSSR count). The second-order valence-corrected chi connectivity index (χ2v) is 8.02. The van der Waals surface area contributed by atoms with E-state index in [9.17, 15) is 18.0 Å². The lowest BCUT2D eigenvalue weighted by molar-refractivity contribution is -0.218. The van der Waals surface area contributed by atoms with Gasteiger partial charge in [-0.1, -0.05) is 30.3 Å². The zero-order valence-electron chi connectivity index (χ0n) is 15.1. The first-order chi connectivity index (χ1) is 12.8. The lowest BCUT2D eigenvalue weighted by atomic mass is 9.84. The number of carbonyl (C=O) groups excluding carboxylic acids is 1. The molecular formula is C20H23F3N2OS. The number of rotatable bonds is 6. The number of carbonyl (C=O) groups is 1. The maximum Gasteiger partial charge on any atom is 0.404 e. The summed E-state index contributed by atoms with van der Waals surface area (Å²) in [4.78, 5) is 14.4. The molecule has 1 N–H and O–H groups in total. The van der Waals surface area contributed by atoms with Gasteiger partial charge in [-0.15, -0.1) is 0 Å². The summed E-state index contributed by atoms with van der Waals surface area (Å²) in [7, 11) is 0. The summed E-state index contributed by atoms with van der Waals surface area (Å²) in [5.41, 5.74) is -0.377. The summed E-state index contributed by atoms with van der Waals surface area (Å²) in [5.74, 6) is -0.909. The topological polar surface area (TPSA) is 32.3 Å². The van der Waals surface area contributed by atoms with Gasteiger partial charge in [-0.2, -0.15) is 24.5 Å². The van der Waals surface area contributed by atoms with Gasteiger partial charge in [-0.25, -0.2) is 0 Å². The SMILES string of the molecule is CC(Cc1ccsc1)NC(=O)C1(C(F)(F)F)CCN(Cc2ccccc2)C1. The average Bonchev–Trinajstić information content (AvgIpc) is 3.25. The van der Waals surface area contributed by atoms with Crippen LogP contribution in [0.15, 0.2) is 47.2 Å². The van der Waals surface area contributed by atoms with E-state index in [1.807, 2.05) is 47.2 Å². The maximum absolute atomic E-state index is 13.9. The average molecular weight is 396 g/mol. The molecule has 7 heteroatoms. The highest BCUT2D eigenvalue weighted by molar-refractivity contribution is 7.07. The van der Waals surface area contributed by atoms with Crippen molar-refractivity contribution < 1.29 is 18.0 Å². The van der Waals surface area contributed by atoms with E-state index < -0.39 is 17.5 Å². The van der Waals surface area contributed by atoms with Crippen molar-refractivity contribution in [3.8, 4) is 0 Å². The van der Waals surface area contributed by atoms with Crippen molar-refractivity contribution in [2.24, 2.45) is 5.41 Å². The van der Waals surface area contributed by atoms with Crippen LogP contribution in [0.4, 0.5) is 13.2 Å². The predicted molar refractivity (Wildman–Crippen MR) is 100 cm³/mol. The van der Waals surface area contributed by atoms with Crippen molar-refractivity contribution in [2.45, 2.75) is 38.5 Å². The molecular weight excluding hydrogens is 373 g/mol. The molecule has 146 valence electrons. The fraction of sp³-hybridized carbons (Fsp3) is 0.450. The molecule has 0 aliphatic carbocycles. The molecule has 1 aliphatic heterocycles. The second-order valence-electron chi connectivity index (χ2n) is 7.24. The van der Waals surface area contributed by atoms with Crippen molar-refractivity contribution in [1.82, 2.24) is 10.2 Å². The fourth-order valence-corrected chi connectivity index (χ4v) is 4.27. The van der Waals surface area contributed by atoms with Crippen molar-refractivity contribution in [3.05, 3.63) is 58.3 Å². The number of halogens is 3. The van der Waals surface area contributed by atoms with Crippen LogP contribution < -0.4 is 5.32 Å². The standard InChI is InChI=1S/C20H23F3N2OS/c1-15(11-17-7-10-27-13-17)24-18(26)19(20(21,22)23)8-9-25(14-19)12-16-5-3-2-4-6-16/h2-7,10,13,15H,8-9,11-12,14H2,1H3,(H,24,26). The van der Waals surface area contributed by atoms with Gasteiger partial charge in [0.25, 0.3) is 0 Å². The largest absolute Gasteiger partial charge is 0.404 e. The van der Waals surface area contributed by atoms with Crippen molar-refractivity contribution in [1.29, 1.82) is 0 Å². The van der Waals surface area contributed by atoms with E-state index in [1.165, 1.54) is 11.3 Å². The van der Waals surface area contributed by atoms with Crippen LogP contribution in [0.1, 0.15) is 24.5 Å². The highest BCUT2D eigenvalue weighted by Gasteiger charge is 2.63. The highest BCUT2D eigenvalue weighted by Crippen LogP contribution is 2.46. The molecule has 0 saturated carbocycles. The number of benzene rings is 1. The van der Waals surface area contributed by atoms with Crippen molar-refractivity contribution >= 4 is 17.2 Å². The van der Waals surface area contributed by atoms with Gasteiger partial charge in [0.15, 0.2) is 5.41 Å². The van der Waals surface area contributed by atoms with Crippen LogP contribution in [0.3, 0.4) is 0 Å². The molecule has 2 heterocycles. The molecule has 0 radical (unpaired) electrons. The van der Waals surface area contributed by atoms with Crippen LogP contribution in [-0.2, 0) is 17.8 Å². The Labute approximate surface area is 161 Å². The summed E-state index contributed by atoms with van der Waals surface area (Å²) in [5, 5.41) is 6.47. The lowest BCUT2D eigenvalue weighted by Gasteiger charge is -2.32. The Balaban J connectivity index is 1.69. The summed E-state index contributed by atoms with van der Waals surface area (Å²) >= 11 is 1.53. The Morgan fingerprint density at radius 3 is 2.63 bits per heavy atom. The van der Waals surface area contributed by atoms with Gasteiger partial charge in [0.05, 0.1) is 0 Å². The second kappa shape index (κ2) is 8.02. The number of thiophene rings is 1. The number of nitrogens with one attached hydrogen (secondary N) is 1. The summed E-state index contributed by atoms with van der Waals surface area (Å²) in [6.45, 7) is 2.11. The molecule has 1 fully saturated rings. The van der Waals surface area contributed by atoms with Crippen LogP contribution in [0, 0.1) is 5.41 Å². The first-order valence-electron chi connectivity index (χ1n) is 8.95. The number of hydrogen-bond acceptors (Lipinski definition) is 3. The molecule has 1 amide bonds. The molecule has 27 heavy (non-hydrogen) atoms. The predicted octanol–water partition coefficient (Wildman–Crippen LogP) is 4.25. The van der Waals surface area contributed by atoms with E-state index in [1.54, 1.807) is 11.8 Å². The summed E-state index contributed by atoms with van der Waals surface area (Å²) < 4.78 is 41.8. The van der Waals surface area contributed by atoms with Gasteiger partial charge in [0.1, 0.15) is 0 Å². The number of hydrogen-bond donors (Lipinski definition) is 1. The Hall–Kier alpha value is -1.86. The third kappa shape index (κ3) is 4.52. The Bertz CT molecular complexity index is 748. The van der Waals surface area contributed by atoms with Crippen LogP contribution in [0.2, 0.25) is 0 Å². The van der Waals surface area contributed by atoms with Crippen LogP contribution in [0.25, 0.3) is 0 Å². The minimum atomic E-state index is -4.58. The van der Waals surface area contributed by atoms with E-state index in [-0.39, 0.29) is 25.6 Å². The zero-order chi connectivity index (χ0) is 19.5. The number of likely N-dealkylation sites (tertiary alicyclic amines) is 1. The zero-order valence-corrected chi connectivity index (χ0v) is 15.9. The van der Waals surface area contributed by atoms with Crippen LogP contribution in [0.5, 0.6) is 0 Å². The smallest absolute Gasteiger partial charge is 0.352 e. The summed E-state index contributed by atoms with van der Waals surface area (Å²) in [6.07, 6.45) is -4.26. The molecule has 0 bridgehead atoms. The van der Waals surface area contributed by atoms with Gasteiger partial charge in [-0.05, 0) is 54.3 Å². The molecule has 2 unspecified atom stereocenters. The Morgan fingerprint density at radius 2 is 2.00 bits per heavy atom. The molecule has 2 aromatic rings. The summed E-state index contributed by atoms with van der Waals surface area (Å²) in [6, 6.07) is 10.9. The minimum Gasteiger partial charge on any atom is -0.352 e. The maximum atomic E-state index is 13.9. The number of amides is 1. The molecule has 2 atom stereocenters. The molecule has 1 aliphatic rings. The van der Waals surface area contributed by atoms with Gasteiger partial charge < -0.3 is 5.32 Å². The monoisotopic (exact) mass is 396 g/mol. The number of alkyl halides is 3. The molecule has 1 aromatic carbocycles. The van der Waals surface area contributed by atoms with E-state index in [4.69, 9.17) is 0 Å². The number of nitrogens with zero attached hydrogens (tertiary/aromatic N) is 1. The lowest BCUT2D eigenvalue weighted by Crippen LogP contribution is -2.54. The van der Waals surface area contributed by atoms with Gasteiger partial charge in [0, 0.05) is 19.1 Å². The van der Waals surface area contributed by atoms with Gasteiger partial charge >= 0.3 is 6.18 Å². The quantitative estimate of drug-likeness (QED) is 0.792. The molecule has 3 nitrogen and oxygen atoms in total. The normalized spacial score (nSPS) is 21.9. The Morgan fingerprint density at radius 1 is 1.26 bits per heavy atom. The first kappa shape index (κ1) is 19.9. The van der Waals surface area contributed by atoms with E-state index in [2.05, 4.69) is 5.32 Å². The fourth-order valence-electron chi connectivity index (χ4n) is 3.59. The molecule has 0 spiro atoms. The van der Waals surface area contributed by atoms with Gasteiger partial charge in [0.2, 0.25) is 5.91 Å². The van der Waals surface area contributed by atoms with Gasteiger partial charge in [-0.3, -0.25) is 9.69 Å². The van der Waals surface area contributed by atoms with Crippen molar-refractivity contribution in [3.63, 3.8) is 0 Å². The van der Waals surface area contributed by atoms with E-state index in [0.29, 0.717) is 13.0 Å². The molecule has 1 aromatic heterocycles. The van der Waals surface area contributed by atoms with Crippen molar-refractivity contribution in [2.75, 3.05) is 13.1 Å². The van der Waals surface area contributed by atoms with Crippen LogP contribution in [-0.4, -0.2) is 36.1 Å². The molecule has 1 saturated heterocycles. The third-order valence-electron chi connectivity index (χ3n) is 5.07. The van der Waals surface area contributed by atoms with E-state index >= 15 is 0 Å². The van der Waals surface area contributed by atoms with Crippen LogP contribution >= 0.6 is 11.3 Å². The third-order valence-corrected chi connectivity index (χ3v) is 5.81. The van der Waals surface area contributed by atoms with E-state index in [0.717, 1.165) is 11.1 Å². The highest BCUT2D eigenvalue weighted by atomic mass is 32.1. The first-order valence-corrected chi connectivity index (χ1v) is 9.89. The minimum absolute atomic E-state index is 0.208. The Kier molecular flexibility index (Phi) is 5.91.